The predicted molar refractivity (Wildman–Crippen MR) is 169 cm³/mol. The normalized spacial score (nSPS) is 13.1. The van der Waals surface area contributed by atoms with E-state index >= 15 is 0 Å². The molecule has 6 aromatic rings. The summed E-state index contributed by atoms with van der Waals surface area (Å²) in [4.78, 5) is 10.2. The summed E-state index contributed by atoms with van der Waals surface area (Å²) in [5.41, 5.74) is 12.6. The minimum absolute atomic E-state index is 0.0787. The number of aromatic nitrogens is 2. The Bertz CT molecular complexity index is 1850. The monoisotopic (exact) mass is 578 g/mol. The highest BCUT2D eigenvalue weighted by Gasteiger charge is 2.35. The molecule has 7 rings (SSSR count). The van der Waals surface area contributed by atoms with Gasteiger partial charge >= 0.3 is 0 Å². The third-order valence-corrected chi connectivity index (χ3v) is 8.52. The Labute approximate surface area is 243 Å². The standard InChI is InChI=1S/C37H27BrN2/c1-37(2)32-11-7-6-10-30(32)31-21-18-28(22-33(31)37)36-39-34(26-8-4-3-5-9-26)23-35(40-36)27-14-12-24(13-15-27)25-16-19-29(38)20-17-25/h3-23H,1-2H3. The van der Waals surface area contributed by atoms with Crippen molar-refractivity contribution in [1.29, 1.82) is 0 Å². The van der Waals surface area contributed by atoms with Gasteiger partial charge in [-0.15, -0.1) is 0 Å². The van der Waals surface area contributed by atoms with Crippen LogP contribution in [0.1, 0.15) is 25.0 Å². The molecule has 0 N–H and O–H groups in total. The summed E-state index contributed by atoms with van der Waals surface area (Å²) in [6.45, 7) is 4.61. The topological polar surface area (TPSA) is 25.8 Å². The summed E-state index contributed by atoms with van der Waals surface area (Å²) in [6, 6.07) is 44.9. The zero-order valence-electron chi connectivity index (χ0n) is 22.4. The van der Waals surface area contributed by atoms with E-state index in [9.17, 15) is 0 Å². The number of rotatable bonds is 4. The third-order valence-electron chi connectivity index (χ3n) is 8.00. The quantitative estimate of drug-likeness (QED) is 0.208. The van der Waals surface area contributed by atoms with E-state index in [1.807, 2.05) is 6.07 Å². The fourth-order valence-corrected chi connectivity index (χ4v) is 6.06. The van der Waals surface area contributed by atoms with Gasteiger partial charge in [-0.1, -0.05) is 133 Å². The average Bonchev–Trinajstić information content (AvgIpc) is 3.24. The lowest BCUT2D eigenvalue weighted by Gasteiger charge is -2.21. The average molecular weight is 580 g/mol. The molecule has 1 aliphatic rings. The number of nitrogens with zero attached hydrogens (tertiary/aromatic N) is 2. The molecule has 5 aromatic carbocycles. The van der Waals surface area contributed by atoms with Crippen LogP contribution in [0.5, 0.6) is 0 Å². The van der Waals surface area contributed by atoms with Crippen LogP contribution in [0.15, 0.2) is 132 Å². The van der Waals surface area contributed by atoms with Gasteiger partial charge in [0.25, 0.3) is 0 Å². The molecule has 0 unspecified atom stereocenters. The van der Waals surface area contributed by atoms with Crippen LogP contribution in [-0.4, -0.2) is 9.97 Å². The van der Waals surface area contributed by atoms with Crippen LogP contribution in [0, 0.1) is 0 Å². The van der Waals surface area contributed by atoms with Crippen molar-refractivity contribution in [3.8, 4) is 56.2 Å². The Balaban J connectivity index is 1.34. The van der Waals surface area contributed by atoms with E-state index in [4.69, 9.17) is 9.97 Å². The van der Waals surface area contributed by atoms with Crippen molar-refractivity contribution in [3.63, 3.8) is 0 Å². The van der Waals surface area contributed by atoms with E-state index < -0.39 is 0 Å². The first kappa shape index (κ1) is 24.7. The third kappa shape index (κ3) is 4.27. The lowest BCUT2D eigenvalue weighted by atomic mass is 9.82. The molecule has 0 amide bonds. The molecule has 2 nitrogen and oxygen atoms in total. The Morgan fingerprint density at radius 2 is 1.00 bits per heavy atom. The van der Waals surface area contributed by atoms with E-state index in [2.05, 4.69) is 151 Å². The van der Waals surface area contributed by atoms with Crippen LogP contribution in [0.25, 0.3) is 56.2 Å². The highest BCUT2D eigenvalue weighted by molar-refractivity contribution is 9.10. The molecule has 1 heterocycles. The lowest BCUT2D eigenvalue weighted by molar-refractivity contribution is 0.660. The maximum absolute atomic E-state index is 5.12. The van der Waals surface area contributed by atoms with Crippen molar-refractivity contribution in [2.45, 2.75) is 19.3 Å². The molecule has 0 bridgehead atoms. The number of fused-ring (bicyclic) bond motifs is 3. The molecule has 0 radical (unpaired) electrons. The van der Waals surface area contributed by atoms with Gasteiger partial charge in [-0.05, 0) is 57.6 Å². The van der Waals surface area contributed by atoms with Crippen LogP contribution in [0.4, 0.5) is 0 Å². The van der Waals surface area contributed by atoms with Crippen molar-refractivity contribution in [2.75, 3.05) is 0 Å². The molecule has 0 fully saturated rings. The smallest absolute Gasteiger partial charge is 0.160 e. The number of hydrogen-bond acceptors (Lipinski definition) is 2. The van der Waals surface area contributed by atoms with Gasteiger partial charge in [-0.25, -0.2) is 9.97 Å². The maximum atomic E-state index is 5.12. The van der Waals surface area contributed by atoms with Gasteiger partial charge in [0.1, 0.15) is 0 Å². The molecular weight excluding hydrogens is 552 g/mol. The van der Waals surface area contributed by atoms with Gasteiger partial charge < -0.3 is 0 Å². The first-order valence-electron chi connectivity index (χ1n) is 13.5. The van der Waals surface area contributed by atoms with E-state index in [0.717, 1.165) is 38.4 Å². The van der Waals surface area contributed by atoms with Crippen molar-refractivity contribution in [2.24, 2.45) is 0 Å². The van der Waals surface area contributed by atoms with Crippen LogP contribution in [-0.2, 0) is 5.41 Å². The van der Waals surface area contributed by atoms with Crippen molar-refractivity contribution in [1.82, 2.24) is 9.97 Å². The van der Waals surface area contributed by atoms with Gasteiger partial charge in [0.15, 0.2) is 5.82 Å². The second kappa shape index (κ2) is 9.69. The molecule has 0 saturated heterocycles. The Hall–Kier alpha value is -4.34. The van der Waals surface area contributed by atoms with E-state index in [1.165, 1.54) is 33.4 Å². The summed E-state index contributed by atoms with van der Waals surface area (Å²) in [7, 11) is 0. The molecule has 3 heteroatoms. The van der Waals surface area contributed by atoms with Crippen LogP contribution < -0.4 is 0 Å². The zero-order chi connectivity index (χ0) is 27.3. The fourth-order valence-electron chi connectivity index (χ4n) is 5.80. The first-order chi connectivity index (χ1) is 19.5. The first-order valence-corrected chi connectivity index (χ1v) is 14.3. The second-order valence-corrected chi connectivity index (χ2v) is 11.8. The van der Waals surface area contributed by atoms with Gasteiger partial charge in [-0.2, -0.15) is 0 Å². The minimum Gasteiger partial charge on any atom is -0.228 e. The zero-order valence-corrected chi connectivity index (χ0v) is 24.0. The summed E-state index contributed by atoms with van der Waals surface area (Å²) < 4.78 is 1.08. The molecule has 192 valence electrons. The molecule has 0 aliphatic heterocycles. The predicted octanol–water partition coefficient (Wildman–Crippen LogP) is 10.2. The Morgan fingerprint density at radius 1 is 0.475 bits per heavy atom. The van der Waals surface area contributed by atoms with Crippen LogP contribution in [0.2, 0.25) is 0 Å². The lowest BCUT2D eigenvalue weighted by Crippen LogP contribution is -2.15. The minimum atomic E-state index is -0.0787. The van der Waals surface area contributed by atoms with E-state index in [0.29, 0.717) is 0 Å². The van der Waals surface area contributed by atoms with E-state index in [-0.39, 0.29) is 5.41 Å². The Kier molecular flexibility index (Phi) is 5.98. The molecule has 1 aliphatic carbocycles. The Morgan fingerprint density at radius 3 is 1.70 bits per heavy atom. The largest absolute Gasteiger partial charge is 0.228 e. The maximum Gasteiger partial charge on any atom is 0.160 e. The molecule has 0 atom stereocenters. The summed E-state index contributed by atoms with van der Waals surface area (Å²) in [6.07, 6.45) is 0. The van der Waals surface area contributed by atoms with Crippen molar-refractivity contribution >= 4 is 15.9 Å². The van der Waals surface area contributed by atoms with Gasteiger partial charge in [0.2, 0.25) is 0 Å². The SMILES string of the molecule is CC1(C)c2ccccc2-c2ccc(-c3nc(-c4ccccc4)cc(-c4ccc(-c5ccc(Br)cc5)cc4)n3)cc21. The molecule has 0 saturated carbocycles. The second-order valence-electron chi connectivity index (χ2n) is 10.8. The number of hydrogen-bond donors (Lipinski definition) is 0. The summed E-state index contributed by atoms with van der Waals surface area (Å²) in [5.74, 6) is 0.739. The summed E-state index contributed by atoms with van der Waals surface area (Å²) >= 11 is 3.53. The highest BCUT2D eigenvalue weighted by Crippen LogP contribution is 2.49. The molecule has 1 aromatic heterocycles. The van der Waals surface area contributed by atoms with Crippen molar-refractivity contribution < 1.29 is 0 Å². The van der Waals surface area contributed by atoms with Gasteiger partial charge in [0, 0.05) is 26.6 Å². The highest BCUT2D eigenvalue weighted by atomic mass is 79.9. The molecule has 40 heavy (non-hydrogen) atoms. The summed E-state index contributed by atoms with van der Waals surface area (Å²) in [5, 5.41) is 0. The molecular formula is C37H27BrN2. The number of halogens is 1. The van der Waals surface area contributed by atoms with E-state index in [1.54, 1.807) is 0 Å². The van der Waals surface area contributed by atoms with Gasteiger partial charge in [0.05, 0.1) is 11.4 Å². The number of benzene rings is 5. The van der Waals surface area contributed by atoms with Gasteiger partial charge in [-0.3, -0.25) is 0 Å². The van der Waals surface area contributed by atoms with Crippen LogP contribution in [0.3, 0.4) is 0 Å². The van der Waals surface area contributed by atoms with Crippen LogP contribution >= 0.6 is 15.9 Å². The molecule has 0 spiro atoms. The fraction of sp³-hybridized carbons (Fsp3) is 0.0811. The van der Waals surface area contributed by atoms with Crippen molar-refractivity contribution in [3.05, 3.63) is 143 Å².